The molecule has 6 nitrogen and oxygen atoms in total. The molecule has 1 amide bonds. The van der Waals surface area contributed by atoms with Gasteiger partial charge in [-0.2, -0.15) is 13.2 Å². The van der Waals surface area contributed by atoms with Crippen molar-refractivity contribution in [3.8, 4) is 0 Å². The van der Waals surface area contributed by atoms with E-state index in [4.69, 9.17) is 0 Å². The van der Waals surface area contributed by atoms with E-state index < -0.39 is 29.3 Å². The number of carbonyl (C=O) groups excluding carboxylic acids is 2. The summed E-state index contributed by atoms with van der Waals surface area (Å²) in [6.45, 7) is 1.99. The molecule has 3 atom stereocenters. The molecule has 0 aliphatic carbocycles. The Bertz CT molecular complexity index is 677. The standard InChI is InChI=1S/C15H18F4N4O2S/c1-2-8(5-11(24)10-6-9(16)7-20-10)3-4-12(25)21-14-23-22-13(26-14)15(17,18)19/h3-4,8-10,20H,2,5-7H2,1H3,(H,21,23,25)/b4-3+/t8-,9-,10-/m0/s1. The summed E-state index contributed by atoms with van der Waals surface area (Å²) in [6, 6.07) is -0.511. The minimum atomic E-state index is -4.61. The maximum atomic E-state index is 13.1. The van der Waals surface area contributed by atoms with Crippen molar-refractivity contribution in [3.05, 3.63) is 17.2 Å². The third-order valence-electron chi connectivity index (χ3n) is 3.87. The van der Waals surface area contributed by atoms with Gasteiger partial charge >= 0.3 is 6.18 Å². The number of nitrogens with zero attached hydrogens (tertiary/aromatic N) is 2. The van der Waals surface area contributed by atoms with Crippen molar-refractivity contribution in [2.24, 2.45) is 5.92 Å². The van der Waals surface area contributed by atoms with Gasteiger partial charge in [0, 0.05) is 19.4 Å². The van der Waals surface area contributed by atoms with E-state index in [1.54, 1.807) is 0 Å². The second-order valence-electron chi connectivity index (χ2n) is 5.89. The van der Waals surface area contributed by atoms with Gasteiger partial charge in [0.2, 0.25) is 16.0 Å². The van der Waals surface area contributed by atoms with Gasteiger partial charge in [-0.1, -0.05) is 24.3 Å². The van der Waals surface area contributed by atoms with Gasteiger partial charge in [-0.05, 0) is 18.4 Å². The fourth-order valence-electron chi connectivity index (χ4n) is 2.45. The summed E-state index contributed by atoms with van der Waals surface area (Å²) in [7, 11) is 0. The zero-order valence-electron chi connectivity index (χ0n) is 13.8. The number of hydrogen-bond acceptors (Lipinski definition) is 6. The molecule has 0 saturated carbocycles. The van der Waals surface area contributed by atoms with Gasteiger partial charge in [-0.15, -0.1) is 10.2 Å². The molecule has 0 radical (unpaired) electrons. The Morgan fingerprint density at radius 3 is 2.69 bits per heavy atom. The number of anilines is 1. The van der Waals surface area contributed by atoms with Crippen LogP contribution in [0.2, 0.25) is 0 Å². The molecular formula is C15H18F4N4O2S. The number of aromatic nitrogens is 2. The molecule has 1 aromatic rings. The quantitative estimate of drug-likeness (QED) is 0.549. The zero-order chi connectivity index (χ0) is 19.3. The summed E-state index contributed by atoms with van der Waals surface area (Å²) in [6.07, 6.45) is -2.09. The SMILES string of the molecule is CC[C@@H](/C=C/C(=O)Nc1nnc(C(F)(F)F)s1)CC(=O)[C@@H]1C[C@H](F)CN1. The Kier molecular flexibility index (Phi) is 6.81. The molecule has 1 saturated heterocycles. The van der Waals surface area contributed by atoms with E-state index >= 15 is 0 Å². The normalized spacial score (nSPS) is 21.9. The molecule has 0 bridgehead atoms. The van der Waals surface area contributed by atoms with Crippen molar-refractivity contribution in [1.82, 2.24) is 15.5 Å². The highest BCUT2D eigenvalue weighted by atomic mass is 32.1. The van der Waals surface area contributed by atoms with Crippen LogP contribution < -0.4 is 10.6 Å². The van der Waals surface area contributed by atoms with Crippen LogP contribution in [-0.2, 0) is 15.8 Å². The fraction of sp³-hybridized carbons (Fsp3) is 0.600. The van der Waals surface area contributed by atoms with Crippen molar-refractivity contribution in [3.63, 3.8) is 0 Å². The van der Waals surface area contributed by atoms with E-state index in [0.29, 0.717) is 6.42 Å². The van der Waals surface area contributed by atoms with Crippen molar-refractivity contribution in [2.75, 3.05) is 11.9 Å². The van der Waals surface area contributed by atoms with Crippen LogP contribution in [-0.4, -0.2) is 40.6 Å². The van der Waals surface area contributed by atoms with Crippen LogP contribution in [0.1, 0.15) is 31.2 Å². The van der Waals surface area contributed by atoms with Crippen molar-refractivity contribution < 1.29 is 27.2 Å². The monoisotopic (exact) mass is 394 g/mol. The topological polar surface area (TPSA) is 84.0 Å². The van der Waals surface area contributed by atoms with E-state index in [9.17, 15) is 27.2 Å². The molecule has 11 heteroatoms. The lowest BCUT2D eigenvalue weighted by Crippen LogP contribution is -2.31. The van der Waals surface area contributed by atoms with E-state index in [-0.39, 0.29) is 47.6 Å². The predicted molar refractivity (Wildman–Crippen MR) is 87.4 cm³/mol. The zero-order valence-corrected chi connectivity index (χ0v) is 14.7. The molecule has 2 rings (SSSR count). The molecule has 2 heterocycles. The molecular weight excluding hydrogens is 376 g/mol. The van der Waals surface area contributed by atoms with Gasteiger partial charge in [0.05, 0.1) is 6.04 Å². The predicted octanol–water partition coefficient (Wildman–Crippen LogP) is 2.74. The molecule has 1 aliphatic rings. The number of alkyl halides is 4. The molecule has 144 valence electrons. The lowest BCUT2D eigenvalue weighted by molar-refractivity contribution is -0.138. The molecule has 1 fully saturated rings. The third kappa shape index (κ3) is 5.84. The van der Waals surface area contributed by atoms with Crippen LogP contribution in [0.5, 0.6) is 0 Å². The van der Waals surface area contributed by atoms with Gasteiger partial charge in [-0.3, -0.25) is 14.9 Å². The number of carbonyl (C=O) groups is 2. The molecule has 0 aromatic carbocycles. The lowest BCUT2D eigenvalue weighted by Gasteiger charge is -2.13. The second kappa shape index (κ2) is 8.67. The number of ketones is 1. The highest BCUT2D eigenvalue weighted by molar-refractivity contribution is 7.15. The smallest absolute Gasteiger partial charge is 0.304 e. The van der Waals surface area contributed by atoms with Crippen LogP contribution in [0, 0.1) is 5.92 Å². The number of amides is 1. The van der Waals surface area contributed by atoms with Crippen molar-refractivity contribution >= 4 is 28.2 Å². The van der Waals surface area contributed by atoms with Gasteiger partial charge in [-0.25, -0.2) is 4.39 Å². The lowest BCUT2D eigenvalue weighted by atomic mass is 9.95. The third-order valence-corrected chi connectivity index (χ3v) is 4.75. The van der Waals surface area contributed by atoms with E-state index in [2.05, 4.69) is 20.8 Å². The average molecular weight is 394 g/mol. The maximum absolute atomic E-state index is 13.1. The first-order valence-corrected chi connectivity index (χ1v) is 8.80. The molecule has 1 aromatic heterocycles. The van der Waals surface area contributed by atoms with Crippen molar-refractivity contribution in [1.29, 1.82) is 0 Å². The van der Waals surface area contributed by atoms with Gasteiger partial charge in [0.15, 0.2) is 0 Å². The molecule has 2 N–H and O–H groups in total. The number of rotatable bonds is 7. The Labute approximate surface area is 151 Å². The number of nitrogens with one attached hydrogen (secondary N) is 2. The number of halogens is 4. The van der Waals surface area contributed by atoms with Gasteiger partial charge in [0.1, 0.15) is 12.0 Å². The van der Waals surface area contributed by atoms with E-state index in [1.807, 2.05) is 6.92 Å². The van der Waals surface area contributed by atoms with Crippen molar-refractivity contribution in [2.45, 2.75) is 44.6 Å². The molecule has 26 heavy (non-hydrogen) atoms. The first kappa shape index (κ1) is 20.4. The highest BCUT2D eigenvalue weighted by Crippen LogP contribution is 2.32. The van der Waals surface area contributed by atoms with Gasteiger partial charge < -0.3 is 5.32 Å². The summed E-state index contributed by atoms with van der Waals surface area (Å²) in [4.78, 5) is 23.9. The van der Waals surface area contributed by atoms with Gasteiger partial charge in [0.25, 0.3) is 0 Å². The summed E-state index contributed by atoms with van der Waals surface area (Å²) in [5, 5.41) is 9.83. The van der Waals surface area contributed by atoms with E-state index in [1.165, 1.54) is 6.08 Å². The Balaban J connectivity index is 1.86. The first-order chi connectivity index (χ1) is 12.2. The molecule has 1 aliphatic heterocycles. The molecule has 0 unspecified atom stereocenters. The van der Waals surface area contributed by atoms with Crippen LogP contribution in [0.25, 0.3) is 0 Å². The maximum Gasteiger partial charge on any atom is 0.445 e. The van der Waals surface area contributed by atoms with Crippen LogP contribution >= 0.6 is 11.3 Å². The summed E-state index contributed by atoms with van der Waals surface area (Å²) in [5.74, 6) is -1.02. The summed E-state index contributed by atoms with van der Waals surface area (Å²) in [5.41, 5.74) is 0. The highest BCUT2D eigenvalue weighted by Gasteiger charge is 2.35. The van der Waals surface area contributed by atoms with Crippen LogP contribution in [0.3, 0.4) is 0 Å². The minimum Gasteiger partial charge on any atom is -0.304 e. The summed E-state index contributed by atoms with van der Waals surface area (Å²) < 4.78 is 50.4. The second-order valence-corrected chi connectivity index (χ2v) is 6.87. The Morgan fingerprint density at radius 1 is 1.42 bits per heavy atom. The number of allylic oxidation sites excluding steroid dienone is 1. The fourth-order valence-corrected chi connectivity index (χ4v) is 3.06. The Morgan fingerprint density at radius 2 is 2.15 bits per heavy atom. The average Bonchev–Trinajstić information content (AvgIpc) is 3.20. The summed E-state index contributed by atoms with van der Waals surface area (Å²) >= 11 is 0.225. The molecule has 0 spiro atoms. The first-order valence-electron chi connectivity index (χ1n) is 7.99. The minimum absolute atomic E-state index is 0.124. The van der Waals surface area contributed by atoms with Crippen LogP contribution in [0.4, 0.5) is 22.7 Å². The van der Waals surface area contributed by atoms with E-state index in [0.717, 1.165) is 6.08 Å². The van der Waals surface area contributed by atoms with Crippen LogP contribution in [0.15, 0.2) is 12.2 Å². The Hall–Kier alpha value is -1.88. The largest absolute Gasteiger partial charge is 0.445 e. The number of Topliss-reactive ketones (excluding diaryl/α,β-unsaturated/α-hetero) is 1. The number of hydrogen-bond donors (Lipinski definition) is 2.